The zero-order valence-electron chi connectivity index (χ0n) is 9.98. The van der Waals surface area contributed by atoms with Crippen LogP contribution in [-0.4, -0.2) is 22.6 Å². The van der Waals surface area contributed by atoms with Crippen molar-refractivity contribution in [1.29, 1.82) is 0 Å². The molecule has 0 heterocycles. The van der Waals surface area contributed by atoms with Crippen LogP contribution in [0.25, 0.3) is 0 Å². The number of carbonyl (C=O) groups excluding carboxylic acids is 1. The van der Waals surface area contributed by atoms with E-state index in [1.54, 1.807) is 0 Å². The summed E-state index contributed by atoms with van der Waals surface area (Å²) in [5, 5.41) is 2.70. The fourth-order valence-corrected chi connectivity index (χ4v) is 2.03. The summed E-state index contributed by atoms with van der Waals surface area (Å²) < 4.78 is 4.59. The summed E-state index contributed by atoms with van der Waals surface area (Å²) in [6.45, 7) is 6.12. The van der Waals surface area contributed by atoms with Crippen molar-refractivity contribution >= 4 is 29.3 Å². The van der Waals surface area contributed by atoms with Crippen LogP contribution in [-0.2, 0) is 4.74 Å². The van der Waals surface area contributed by atoms with Gasteiger partial charge >= 0.3 is 6.09 Å². The Balaban J connectivity index is 2.01. The quantitative estimate of drug-likeness (QED) is 0.626. The van der Waals surface area contributed by atoms with Crippen molar-refractivity contribution in [3.63, 3.8) is 0 Å². The number of rotatable bonds is 4. The van der Waals surface area contributed by atoms with Crippen molar-refractivity contribution in [2.24, 2.45) is 5.92 Å². The summed E-state index contributed by atoms with van der Waals surface area (Å²) in [5.41, 5.74) is -0.442. The molecule has 0 saturated heterocycles. The average molecular weight is 268 g/mol. The fraction of sp³-hybridized carbons (Fsp3) is 0.909. The van der Waals surface area contributed by atoms with Gasteiger partial charge in [0.2, 0.25) is 0 Å². The number of hydrogen-bond acceptors (Lipinski definition) is 2. The summed E-state index contributed by atoms with van der Waals surface area (Å²) in [7, 11) is 0. The predicted octanol–water partition coefficient (Wildman–Crippen LogP) is 3.49. The number of alkyl halides is 2. The molecule has 0 bridgehead atoms. The second-order valence-electron chi connectivity index (χ2n) is 5.23. The third-order valence-electron chi connectivity index (χ3n) is 2.35. The molecule has 16 heavy (non-hydrogen) atoms. The second kappa shape index (κ2) is 5.01. The maximum atomic E-state index is 11.3. The Bertz CT molecular complexity index is 261. The molecular weight excluding hydrogens is 249 g/mol. The summed E-state index contributed by atoms with van der Waals surface area (Å²) in [5.74, 6) is 0.385. The summed E-state index contributed by atoms with van der Waals surface area (Å²) in [6.07, 6.45) is 2.32. The summed E-state index contributed by atoms with van der Waals surface area (Å²) in [6, 6.07) is 0. The number of halogens is 2. The molecular formula is C11H19Cl2NO2. The van der Waals surface area contributed by atoms with E-state index in [9.17, 15) is 4.79 Å². The molecule has 1 N–H and O–H groups in total. The summed E-state index contributed by atoms with van der Waals surface area (Å²) >= 11 is 11.8. The Morgan fingerprint density at radius 2 is 2.06 bits per heavy atom. The second-order valence-corrected chi connectivity index (χ2v) is 6.78. The molecule has 94 valence electrons. The highest BCUT2D eigenvalue weighted by molar-refractivity contribution is 6.50. The van der Waals surface area contributed by atoms with Crippen molar-refractivity contribution in [2.45, 2.75) is 50.0 Å². The van der Waals surface area contributed by atoms with E-state index < -0.39 is 9.93 Å². The molecule has 1 aliphatic carbocycles. The van der Waals surface area contributed by atoms with Crippen molar-refractivity contribution in [1.82, 2.24) is 5.32 Å². The van der Waals surface area contributed by atoms with Crippen LogP contribution in [0.5, 0.6) is 0 Å². The van der Waals surface area contributed by atoms with Crippen LogP contribution in [0.15, 0.2) is 0 Å². The van der Waals surface area contributed by atoms with E-state index in [1.165, 1.54) is 0 Å². The maximum Gasteiger partial charge on any atom is 0.407 e. The third kappa shape index (κ3) is 5.26. The van der Waals surface area contributed by atoms with Gasteiger partial charge in [-0.3, -0.25) is 0 Å². The fourth-order valence-electron chi connectivity index (χ4n) is 1.44. The van der Waals surface area contributed by atoms with Crippen molar-refractivity contribution in [2.75, 3.05) is 6.54 Å². The van der Waals surface area contributed by atoms with Crippen LogP contribution >= 0.6 is 23.2 Å². The number of amides is 1. The van der Waals surface area contributed by atoms with Gasteiger partial charge in [0.1, 0.15) is 9.93 Å². The first-order chi connectivity index (χ1) is 7.21. The highest BCUT2D eigenvalue weighted by atomic mass is 35.5. The first-order valence-corrected chi connectivity index (χ1v) is 6.31. The lowest BCUT2D eigenvalue weighted by Gasteiger charge is -2.19. The molecule has 0 aromatic heterocycles. The molecule has 0 radical (unpaired) electrons. The zero-order chi connectivity index (χ0) is 12.4. The van der Waals surface area contributed by atoms with E-state index in [0.29, 0.717) is 12.5 Å². The van der Waals surface area contributed by atoms with E-state index in [0.717, 1.165) is 19.3 Å². The lowest BCUT2D eigenvalue weighted by molar-refractivity contribution is 0.0527. The maximum absolute atomic E-state index is 11.3. The Kier molecular flexibility index (Phi) is 4.35. The largest absolute Gasteiger partial charge is 0.444 e. The van der Waals surface area contributed by atoms with Gasteiger partial charge in [-0.2, -0.15) is 0 Å². The molecule has 0 aromatic carbocycles. The first-order valence-electron chi connectivity index (χ1n) is 5.55. The molecule has 0 aromatic rings. The van der Waals surface area contributed by atoms with Gasteiger partial charge in [-0.1, -0.05) is 0 Å². The SMILES string of the molecule is CC(C)(C)OC(=O)NCCCC1CC1(Cl)Cl. The van der Waals surface area contributed by atoms with Crippen LogP contribution in [0.1, 0.15) is 40.0 Å². The molecule has 1 atom stereocenters. The molecule has 3 nitrogen and oxygen atoms in total. The van der Waals surface area contributed by atoms with Crippen LogP contribution in [0, 0.1) is 5.92 Å². The van der Waals surface area contributed by atoms with Crippen LogP contribution in [0.3, 0.4) is 0 Å². The zero-order valence-corrected chi connectivity index (χ0v) is 11.5. The monoisotopic (exact) mass is 267 g/mol. The van der Waals surface area contributed by atoms with E-state index in [1.807, 2.05) is 20.8 Å². The van der Waals surface area contributed by atoms with Gasteiger partial charge < -0.3 is 10.1 Å². The predicted molar refractivity (Wildman–Crippen MR) is 66.0 cm³/mol. The Morgan fingerprint density at radius 3 is 2.50 bits per heavy atom. The van der Waals surface area contributed by atoms with Crippen LogP contribution < -0.4 is 5.32 Å². The molecule has 1 unspecified atom stereocenters. The van der Waals surface area contributed by atoms with E-state index in [-0.39, 0.29) is 6.09 Å². The van der Waals surface area contributed by atoms with Gasteiger partial charge in [-0.25, -0.2) is 4.79 Å². The molecule has 1 fully saturated rings. The van der Waals surface area contributed by atoms with Gasteiger partial charge in [0.05, 0.1) is 0 Å². The number of nitrogens with one attached hydrogen (secondary N) is 1. The van der Waals surface area contributed by atoms with Gasteiger partial charge in [-0.15, -0.1) is 23.2 Å². The number of ether oxygens (including phenoxy) is 1. The minimum atomic E-state index is -0.508. The lowest BCUT2D eigenvalue weighted by Crippen LogP contribution is -2.33. The summed E-state index contributed by atoms with van der Waals surface area (Å²) in [4.78, 5) is 11.3. The lowest BCUT2D eigenvalue weighted by atomic mass is 10.2. The molecule has 1 rings (SSSR count). The van der Waals surface area contributed by atoms with Crippen molar-refractivity contribution < 1.29 is 9.53 Å². The van der Waals surface area contributed by atoms with Crippen molar-refractivity contribution in [3.05, 3.63) is 0 Å². The van der Waals surface area contributed by atoms with Gasteiger partial charge in [0.25, 0.3) is 0 Å². The van der Waals surface area contributed by atoms with Gasteiger partial charge in [-0.05, 0) is 46.0 Å². The topological polar surface area (TPSA) is 38.3 Å². The first kappa shape index (κ1) is 13.9. The average Bonchev–Trinajstić information content (AvgIpc) is 2.65. The van der Waals surface area contributed by atoms with E-state index in [4.69, 9.17) is 27.9 Å². The van der Waals surface area contributed by atoms with E-state index in [2.05, 4.69) is 5.32 Å². The Labute approximate surface area is 107 Å². The Morgan fingerprint density at radius 1 is 1.50 bits per heavy atom. The molecule has 1 aliphatic rings. The molecule has 1 saturated carbocycles. The van der Waals surface area contributed by atoms with Crippen molar-refractivity contribution in [3.8, 4) is 0 Å². The smallest absolute Gasteiger partial charge is 0.407 e. The third-order valence-corrected chi connectivity index (χ3v) is 3.28. The standard InChI is InChI=1S/C11H19Cl2NO2/c1-10(2,3)16-9(15)14-6-4-5-8-7-11(8,12)13/h8H,4-7H2,1-3H3,(H,14,15). The number of carbonyl (C=O) groups is 1. The highest BCUT2D eigenvalue weighted by Gasteiger charge is 2.50. The minimum absolute atomic E-state index is 0.369. The number of hydrogen-bond donors (Lipinski definition) is 1. The normalized spacial score (nSPS) is 22.7. The Hall–Kier alpha value is -0.150. The molecule has 1 amide bonds. The number of alkyl carbamates (subject to hydrolysis) is 1. The molecule has 0 spiro atoms. The van der Waals surface area contributed by atoms with E-state index >= 15 is 0 Å². The highest BCUT2D eigenvalue weighted by Crippen LogP contribution is 2.55. The van der Waals surface area contributed by atoms with Crippen LogP contribution in [0.2, 0.25) is 0 Å². The van der Waals surface area contributed by atoms with Gasteiger partial charge in [0.15, 0.2) is 0 Å². The van der Waals surface area contributed by atoms with Crippen LogP contribution in [0.4, 0.5) is 4.79 Å². The molecule has 0 aliphatic heterocycles. The molecule has 5 heteroatoms. The minimum Gasteiger partial charge on any atom is -0.444 e. The van der Waals surface area contributed by atoms with Gasteiger partial charge in [0, 0.05) is 6.54 Å².